The van der Waals surface area contributed by atoms with Gasteiger partial charge in [0.2, 0.25) is 6.43 Å². The molecule has 0 saturated carbocycles. The maximum atomic E-state index is 12.6. The Morgan fingerprint density at radius 3 is 2.31 bits per heavy atom. The van der Waals surface area contributed by atoms with Gasteiger partial charge in [-0.05, 0) is 20.8 Å². The summed E-state index contributed by atoms with van der Waals surface area (Å²) in [4.78, 5) is 12.6. The molecule has 0 atom stereocenters. The van der Waals surface area contributed by atoms with Crippen molar-refractivity contribution in [3.63, 3.8) is 0 Å². The Hall–Kier alpha value is -0.910. The van der Waals surface area contributed by atoms with Gasteiger partial charge in [0.25, 0.3) is 0 Å². The van der Waals surface area contributed by atoms with Crippen LogP contribution >= 0.6 is 0 Å². The van der Waals surface area contributed by atoms with Gasteiger partial charge in [0.15, 0.2) is 0 Å². The Balaban J connectivity index is 2.49. The molecule has 1 fully saturated rings. The van der Waals surface area contributed by atoms with E-state index >= 15 is 0 Å². The molecular formula is C10H17F2NO3. The first-order valence-electron chi connectivity index (χ1n) is 5.07. The van der Waals surface area contributed by atoms with Crippen molar-refractivity contribution in [2.75, 3.05) is 19.7 Å². The lowest BCUT2D eigenvalue weighted by Gasteiger charge is -2.48. The Labute approximate surface area is 93.2 Å². The zero-order valence-electron chi connectivity index (χ0n) is 9.67. The minimum atomic E-state index is -2.63. The second kappa shape index (κ2) is 4.16. The minimum Gasteiger partial charge on any atom is -0.444 e. The van der Waals surface area contributed by atoms with Gasteiger partial charge >= 0.3 is 6.09 Å². The SMILES string of the molecule is CC(C)(C)OC(=O)N1CC(CO)(C(F)F)C1. The Kier molecular flexibility index (Phi) is 3.42. The molecule has 1 N–H and O–H groups in total. The van der Waals surface area contributed by atoms with E-state index in [2.05, 4.69) is 0 Å². The van der Waals surface area contributed by atoms with E-state index in [9.17, 15) is 13.6 Å². The number of nitrogens with zero attached hydrogens (tertiary/aromatic N) is 1. The molecule has 1 rings (SSSR count). The Bertz CT molecular complexity index is 270. The van der Waals surface area contributed by atoms with E-state index in [1.54, 1.807) is 20.8 Å². The average molecular weight is 237 g/mol. The van der Waals surface area contributed by atoms with E-state index in [1.807, 2.05) is 0 Å². The molecule has 0 aromatic rings. The van der Waals surface area contributed by atoms with Crippen LogP contribution in [0.4, 0.5) is 13.6 Å². The number of rotatable bonds is 2. The quantitative estimate of drug-likeness (QED) is 0.791. The normalized spacial score (nSPS) is 19.6. The van der Waals surface area contributed by atoms with Crippen molar-refractivity contribution in [3.8, 4) is 0 Å². The Morgan fingerprint density at radius 1 is 1.50 bits per heavy atom. The van der Waals surface area contributed by atoms with Gasteiger partial charge in [-0.2, -0.15) is 0 Å². The van der Waals surface area contributed by atoms with E-state index in [1.165, 1.54) is 4.90 Å². The molecule has 0 bridgehead atoms. The second-order valence-corrected chi connectivity index (χ2v) is 5.16. The number of amides is 1. The molecule has 1 aliphatic rings. The van der Waals surface area contributed by atoms with Crippen LogP contribution in [0.15, 0.2) is 0 Å². The number of aliphatic hydroxyl groups is 1. The molecule has 0 spiro atoms. The van der Waals surface area contributed by atoms with Crippen molar-refractivity contribution in [2.24, 2.45) is 5.41 Å². The zero-order valence-corrected chi connectivity index (χ0v) is 9.67. The second-order valence-electron chi connectivity index (χ2n) is 5.16. The van der Waals surface area contributed by atoms with E-state index in [-0.39, 0.29) is 13.1 Å². The van der Waals surface area contributed by atoms with Gasteiger partial charge in [-0.25, -0.2) is 13.6 Å². The fourth-order valence-corrected chi connectivity index (χ4v) is 1.48. The van der Waals surface area contributed by atoms with Crippen molar-refractivity contribution in [1.82, 2.24) is 4.90 Å². The molecule has 4 nitrogen and oxygen atoms in total. The van der Waals surface area contributed by atoms with Crippen LogP contribution in [0.25, 0.3) is 0 Å². The molecule has 6 heteroatoms. The summed E-state index contributed by atoms with van der Waals surface area (Å²) in [5.41, 5.74) is -2.10. The third-order valence-corrected chi connectivity index (χ3v) is 2.44. The maximum absolute atomic E-state index is 12.6. The summed E-state index contributed by atoms with van der Waals surface area (Å²) in [5.74, 6) is 0. The van der Waals surface area contributed by atoms with Crippen LogP contribution in [-0.4, -0.2) is 47.8 Å². The van der Waals surface area contributed by atoms with Gasteiger partial charge in [-0.3, -0.25) is 0 Å². The van der Waals surface area contributed by atoms with Crippen LogP contribution in [0.2, 0.25) is 0 Å². The fourth-order valence-electron chi connectivity index (χ4n) is 1.48. The van der Waals surface area contributed by atoms with Crippen LogP contribution in [-0.2, 0) is 4.74 Å². The number of alkyl halides is 2. The first kappa shape index (κ1) is 13.2. The molecule has 0 aliphatic carbocycles. The molecule has 0 aromatic carbocycles. The van der Waals surface area contributed by atoms with E-state index < -0.39 is 30.1 Å². The molecule has 1 amide bonds. The maximum Gasteiger partial charge on any atom is 0.410 e. The number of carbonyl (C=O) groups is 1. The molecule has 1 aliphatic heterocycles. The molecule has 0 unspecified atom stereocenters. The van der Waals surface area contributed by atoms with Crippen molar-refractivity contribution in [3.05, 3.63) is 0 Å². The summed E-state index contributed by atoms with van der Waals surface area (Å²) in [6, 6.07) is 0. The van der Waals surface area contributed by atoms with Gasteiger partial charge in [-0.15, -0.1) is 0 Å². The van der Waals surface area contributed by atoms with E-state index in [4.69, 9.17) is 9.84 Å². The molecule has 16 heavy (non-hydrogen) atoms. The molecule has 94 valence electrons. The predicted octanol–water partition coefficient (Wildman–Crippen LogP) is 1.48. The standard InChI is InChI=1S/C10H17F2NO3/c1-9(2,3)16-8(15)13-4-10(5-13,6-14)7(11)12/h7,14H,4-6H2,1-3H3. The number of aliphatic hydroxyl groups excluding tert-OH is 1. The molecule has 1 heterocycles. The highest BCUT2D eigenvalue weighted by Gasteiger charge is 2.52. The lowest BCUT2D eigenvalue weighted by atomic mass is 9.81. The van der Waals surface area contributed by atoms with Gasteiger partial charge in [0.1, 0.15) is 5.60 Å². The van der Waals surface area contributed by atoms with E-state index in [0.717, 1.165) is 0 Å². The van der Waals surface area contributed by atoms with Crippen LogP contribution in [0.3, 0.4) is 0 Å². The number of carbonyl (C=O) groups excluding carboxylic acids is 1. The van der Waals surface area contributed by atoms with Crippen LogP contribution in [0.5, 0.6) is 0 Å². The summed E-state index contributed by atoms with van der Waals surface area (Å²) in [6.45, 7) is 4.18. The van der Waals surface area contributed by atoms with Crippen molar-refractivity contribution < 1.29 is 23.4 Å². The first-order chi connectivity index (χ1) is 7.20. The summed E-state index contributed by atoms with van der Waals surface area (Å²) in [5, 5.41) is 8.88. The van der Waals surface area contributed by atoms with Gasteiger partial charge < -0.3 is 14.7 Å². The van der Waals surface area contributed by atoms with Crippen molar-refractivity contribution in [2.45, 2.75) is 32.8 Å². The number of halogens is 2. The highest BCUT2D eigenvalue weighted by Crippen LogP contribution is 2.36. The van der Waals surface area contributed by atoms with Crippen molar-refractivity contribution in [1.29, 1.82) is 0 Å². The van der Waals surface area contributed by atoms with Gasteiger partial charge in [0.05, 0.1) is 12.0 Å². The highest BCUT2D eigenvalue weighted by molar-refractivity contribution is 5.69. The molecule has 1 saturated heterocycles. The van der Waals surface area contributed by atoms with Crippen molar-refractivity contribution >= 4 is 6.09 Å². The summed E-state index contributed by atoms with van der Waals surface area (Å²) >= 11 is 0. The van der Waals surface area contributed by atoms with E-state index in [0.29, 0.717) is 0 Å². The highest BCUT2D eigenvalue weighted by atomic mass is 19.3. The third kappa shape index (κ3) is 2.61. The number of ether oxygens (including phenoxy) is 1. The van der Waals surface area contributed by atoms with Gasteiger partial charge in [0, 0.05) is 13.1 Å². The molecular weight excluding hydrogens is 220 g/mol. The van der Waals surface area contributed by atoms with Crippen LogP contribution in [0, 0.1) is 5.41 Å². The lowest BCUT2D eigenvalue weighted by molar-refractivity contribution is -0.132. The lowest BCUT2D eigenvalue weighted by Crippen LogP contribution is -2.64. The predicted molar refractivity (Wildman–Crippen MR) is 53.3 cm³/mol. The Morgan fingerprint density at radius 2 is 2.00 bits per heavy atom. The monoisotopic (exact) mass is 237 g/mol. The minimum absolute atomic E-state index is 0.157. The number of hydrogen-bond acceptors (Lipinski definition) is 3. The van der Waals surface area contributed by atoms with Gasteiger partial charge in [-0.1, -0.05) is 0 Å². The molecule has 0 radical (unpaired) electrons. The zero-order chi connectivity index (χ0) is 12.6. The summed E-state index contributed by atoms with van der Waals surface area (Å²) in [6.07, 6.45) is -3.24. The van der Waals surface area contributed by atoms with Crippen LogP contribution < -0.4 is 0 Å². The largest absolute Gasteiger partial charge is 0.444 e. The molecule has 0 aromatic heterocycles. The summed E-state index contributed by atoms with van der Waals surface area (Å²) in [7, 11) is 0. The van der Waals surface area contributed by atoms with Crippen LogP contribution in [0.1, 0.15) is 20.8 Å². The average Bonchev–Trinajstić information content (AvgIpc) is 1.98. The fraction of sp³-hybridized carbons (Fsp3) is 0.900. The topological polar surface area (TPSA) is 49.8 Å². The third-order valence-electron chi connectivity index (χ3n) is 2.44. The number of hydrogen-bond donors (Lipinski definition) is 1. The smallest absolute Gasteiger partial charge is 0.410 e. The first-order valence-corrected chi connectivity index (χ1v) is 5.07. The number of likely N-dealkylation sites (tertiary alicyclic amines) is 1. The summed E-state index contributed by atoms with van der Waals surface area (Å²) < 4.78 is 30.2.